The maximum atomic E-state index is 9.39. The first kappa shape index (κ1) is 26.8. The van der Waals surface area contributed by atoms with E-state index in [2.05, 4.69) is 26.1 Å². The fraction of sp³-hybridized carbons (Fsp3) is 0.296. The zero-order valence-electron chi connectivity index (χ0n) is 22.9. The minimum absolute atomic E-state index is 0.0680. The summed E-state index contributed by atoms with van der Waals surface area (Å²) in [7, 11) is 0. The summed E-state index contributed by atoms with van der Waals surface area (Å²) in [6, 6.07) is 7.84. The van der Waals surface area contributed by atoms with Crippen molar-refractivity contribution in [2.75, 3.05) is 36.9 Å². The second-order valence-electron chi connectivity index (χ2n) is 9.55. The molecular weight excluding hydrogens is 510 g/mol. The van der Waals surface area contributed by atoms with Crippen LogP contribution in [0.2, 0.25) is 0 Å². The number of aryl methyl sites for hydroxylation is 4. The quantitative estimate of drug-likeness (QED) is 0.176. The third-order valence-electron chi connectivity index (χ3n) is 6.87. The van der Waals surface area contributed by atoms with Crippen LogP contribution in [-0.2, 0) is 0 Å². The van der Waals surface area contributed by atoms with Crippen molar-refractivity contribution in [2.45, 2.75) is 27.7 Å². The van der Waals surface area contributed by atoms with Crippen molar-refractivity contribution in [2.24, 2.45) is 15.7 Å². The summed E-state index contributed by atoms with van der Waals surface area (Å²) in [6.07, 6.45) is 1.50. The summed E-state index contributed by atoms with van der Waals surface area (Å²) in [5.41, 5.74) is 13.3. The fourth-order valence-electron chi connectivity index (χ4n) is 4.39. The first-order valence-electron chi connectivity index (χ1n) is 12.9. The number of nitrogens with one attached hydrogen (secondary N) is 4. The average molecular weight is 544 g/mol. The molecule has 0 bridgehead atoms. The van der Waals surface area contributed by atoms with Crippen LogP contribution in [-0.4, -0.2) is 73.1 Å². The highest BCUT2D eigenvalue weighted by Crippen LogP contribution is 2.33. The molecule has 13 nitrogen and oxygen atoms in total. The monoisotopic (exact) mass is 543 g/mol. The molecule has 13 heteroatoms. The fourth-order valence-corrected chi connectivity index (χ4v) is 4.39. The van der Waals surface area contributed by atoms with Gasteiger partial charge in [-0.2, -0.15) is 0 Å². The van der Waals surface area contributed by atoms with E-state index in [1.807, 2.05) is 52.0 Å². The molecule has 0 aromatic carbocycles. The van der Waals surface area contributed by atoms with Gasteiger partial charge in [0.2, 0.25) is 0 Å². The summed E-state index contributed by atoms with van der Waals surface area (Å²) in [5.74, 6) is 1.52. The van der Waals surface area contributed by atoms with Gasteiger partial charge in [-0.3, -0.25) is 5.41 Å². The number of nitrogens with two attached hydrogens (primary N) is 1. The van der Waals surface area contributed by atoms with Crippen molar-refractivity contribution in [3.8, 4) is 0 Å². The van der Waals surface area contributed by atoms with E-state index in [1.54, 1.807) is 9.03 Å². The number of aliphatic hydroxyl groups is 2. The molecule has 0 aliphatic carbocycles. The molecule has 1 aliphatic heterocycles. The molecule has 0 amide bonds. The van der Waals surface area contributed by atoms with E-state index in [-0.39, 0.29) is 30.5 Å². The van der Waals surface area contributed by atoms with Gasteiger partial charge in [0.05, 0.1) is 35.7 Å². The number of rotatable bonds is 8. The molecule has 0 spiro atoms. The van der Waals surface area contributed by atoms with Gasteiger partial charge >= 0.3 is 0 Å². The smallest absolute Gasteiger partial charge is 0.175 e. The van der Waals surface area contributed by atoms with E-state index in [0.29, 0.717) is 41.9 Å². The van der Waals surface area contributed by atoms with Crippen molar-refractivity contribution < 1.29 is 10.2 Å². The average Bonchev–Trinajstić information content (AvgIpc) is 3.46. The highest BCUT2D eigenvalue weighted by molar-refractivity contribution is 6.50. The predicted molar refractivity (Wildman–Crippen MR) is 158 cm³/mol. The van der Waals surface area contributed by atoms with Crippen LogP contribution in [0.15, 0.2) is 46.0 Å². The molecule has 8 N–H and O–H groups in total. The Morgan fingerprint density at radius 2 is 1.30 bits per heavy atom. The molecule has 0 saturated carbocycles. The highest BCUT2D eigenvalue weighted by atomic mass is 16.3. The third-order valence-corrected chi connectivity index (χ3v) is 6.87. The summed E-state index contributed by atoms with van der Waals surface area (Å²) in [6.45, 7) is 8.41. The van der Waals surface area contributed by atoms with E-state index in [4.69, 9.17) is 21.1 Å². The van der Waals surface area contributed by atoms with E-state index in [9.17, 15) is 10.2 Å². The predicted octanol–water partition coefficient (Wildman–Crippen LogP) is 2.25. The van der Waals surface area contributed by atoms with Crippen molar-refractivity contribution in [3.63, 3.8) is 0 Å². The van der Waals surface area contributed by atoms with Crippen molar-refractivity contribution in [3.05, 3.63) is 58.6 Å². The first-order chi connectivity index (χ1) is 19.2. The zero-order chi connectivity index (χ0) is 28.6. The highest BCUT2D eigenvalue weighted by Gasteiger charge is 2.23. The standard InChI is InChI=1S/C27H33N11O2/c1-14-5-7-20-22(26(30-9-11-39)35-37(20)16(14)3)32-24-18(28)13-19(29)25(34-24)33-23-21-8-6-15(2)17(4)38(21)36-27(23)31-10-12-40/h5-8,13,28,39-40H,9-12,29H2,1-4H3,(H,30,35)(H,31,36)(H,32,33,34). The van der Waals surface area contributed by atoms with E-state index in [0.717, 1.165) is 33.5 Å². The lowest BCUT2D eigenvalue weighted by atomic mass is 10.1. The number of pyridine rings is 2. The van der Waals surface area contributed by atoms with Crippen LogP contribution in [0.4, 0.5) is 23.0 Å². The Hall–Kier alpha value is -4.75. The Kier molecular flexibility index (Phi) is 7.24. The Morgan fingerprint density at radius 1 is 0.825 bits per heavy atom. The summed E-state index contributed by atoms with van der Waals surface area (Å²) in [5, 5.41) is 46.1. The van der Waals surface area contributed by atoms with Gasteiger partial charge in [0.1, 0.15) is 11.4 Å². The molecule has 0 saturated heterocycles. The Labute approximate surface area is 230 Å². The lowest BCUT2D eigenvalue weighted by molar-refractivity contribution is 0.310. The van der Waals surface area contributed by atoms with Gasteiger partial charge in [0.15, 0.2) is 23.3 Å². The van der Waals surface area contributed by atoms with Crippen LogP contribution in [0.5, 0.6) is 0 Å². The maximum absolute atomic E-state index is 9.39. The summed E-state index contributed by atoms with van der Waals surface area (Å²) >= 11 is 0. The van der Waals surface area contributed by atoms with E-state index >= 15 is 0 Å². The van der Waals surface area contributed by atoms with Crippen molar-refractivity contribution >= 4 is 51.4 Å². The van der Waals surface area contributed by atoms with Gasteiger partial charge in [-0.05, 0) is 57.0 Å². The van der Waals surface area contributed by atoms with Crippen LogP contribution in [0.3, 0.4) is 0 Å². The zero-order valence-corrected chi connectivity index (χ0v) is 22.9. The number of hydrogen-bond acceptors (Lipinski definition) is 10. The number of nitrogens with zero attached hydrogens (tertiary/aromatic N) is 6. The number of fused-ring (bicyclic) bond motifs is 2. The molecule has 4 aromatic rings. The van der Waals surface area contributed by atoms with E-state index < -0.39 is 0 Å². The molecule has 4 aromatic heterocycles. The van der Waals surface area contributed by atoms with Crippen LogP contribution >= 0.6 is 0 Å². The van der Waals surface area contributed by atoms with Crippen LogP contribution in [0.1, 0.15) is 22.5 Å². The summed E-state index contributed by atoms with van der Waals surface area (Å²) in [4.78, 5) is 9.61. The topological polar surface area (TPSA) is 186 Å². The SMILES string of the molecule is Cc1ccc2c(/N=C3\N/C(=N\c4c(NCCO)nn5c(C)c(C)ccc45)C(N)=CC3=N)c(NCCO)nn2c1C. The number of aromatic nitrogens is 4. The molecule has 1 aliphatic rings. The number of anilines is 2. The Morgan fingerprint density at radius 3 is 1.77 bits per heavy atom. The number of aliphatic hydroxyl groups excluding tert-OH is 2. The van der Waals surface area contributed by atoms with Gasteiger partial charge in [0.25, 0.3) is 0 Å². The number of aliphatic imine (C=N–C) groups is 2. The van der Waals surface area contributed by atoms with Crippen molar-refractivity contribution in [1.29, 1.82) is 5.41 Å². The van der Waals surface area contributed by atoms with E-state index in [1.165, 1.54) is 6.08 Å². The van der Waals surface area contributed by atoms with Crippen LogP contribution in [0.25, 0.3) is 11.0 Å². The molecule has 208 valence electrons. The minimum Gasteiger partial charge on any atom is -0.396 e. The molecule has 40 heavy (non-hydrogen) atoms. The molecule has 5 rings (SSSR count). The molecule has 0 radical (unpaired) electrons. The Bertz CT molecular complexity index is 1730. The van der Waals surface area contributed by atoms with Gasteiger partial charge in [-0.25, -0.2) is 19.0 Å². The second kappa shape index (κ2) is 10.8. The maximum Gasteiger partial charge on any atom is 0.175 e. The largest absolute Gasteiger partial charge is 0.396 e. The molecular formula is C27H33N11O2. The van der Waals surface area contributed by atoms with Crippen LogP contribution < -0.4 is 21.7 Å². The van der Waals surface area contributed by atoms with Crippen molar-refractivity contribution in [1.82, 2.24) is 24.5 Å². The van der Waals surface area contributed by atoms with Gasteiger partial charge < -0.3 is 31.9 Å². The lowest BCUT2D eigenvalue weighted by Gasteiger charge is -2.18. The van der Waals surface area contributed by atoms with Gasteiger partial charge in [-0.15, -0.1) is 10.2 Å². The second-order valence-corrected chi connectivity index (χ2v) is 9.55. The number of amidine groups is 2. The number of hydrogen-bond donors (Lipinski definition) is 7. The Balaban J connectivity index is 1.63. The third kappa shape index (κ3) is 4.76. The minimum atomic E-state index is -0.0721. The summed E-state index contributed by atoms with van der Waals surface area (Å²) < 4.78 is 3.60. The van der Waals surface area contributed by atoms with Gasteiger partial charge in [-0.1, -0.05) is 12.1 Å². The van der Waals surface area contributed by atoms with Crippen LogP contribution in [0, 0.1) is 33.1 Å². The lowest BCUT2D eigenvalue weighted by Crippen LogP contribution is -2.42. The van der Waals surface area contributed by atoms with Gasteiger partial charge in [0, 0.05) is 24.5 Å². The molecule has 0 unspecified atom stereocenters. The first-order valence-corrected chi connectivity index (χ1v) is 12.9. The molecule has 0 fully saturated rings. The molecule has 0 atom stereocenters. The normalized spacial score (nSPS) is 15.8. The molecule has 5 heterocycles.